The number of carbonyl (C=O) groups is 1. The van der Waals surface area contributed by atoms with Gasteiger partial charge in [0, 0.05) is 18.1 Å². The number of hydrogen-bond donors (Lipinski definition) is 0. The van der Waals surface area contributed by atoms with Crippen molar-refractivity contribution in [2.24, 2.45) is 0 Å². The predicted molar refractivity (Wildman–Crippen MR) is 178 cm³/mol. The molecule has 1 nitrogen and oxygen atoms in total. The molecule has 5 rings (SSSR count). The van der Waals surface area contributed by atoms with Gasteiger partial charge in [-0.25, -0.2) is 0 Å². The molecule has 0 bridgehead atoms. The van der Waals surface area contributed by atoms with Crippen LogP contribution in [0.15, 0.2) is 152 Å². The van der Waals surface area contributed by atoms with E-state index in [1.807, 2.05) is 60.7 Å². The van der Waals surface area contributed by atoms with Crippen molar-refractivity contribution in [3.63, 3.8) is 0 Å². The number of hydrogen-bond acceptors (Lipinski definition) is 1. The summed E-state index contributed by atoms with van der Waals surface area (Å²) in [5.41, 5.74) is 6.24. The van der Waals surface area contributed by atoms with Crippen LogP contribution in [0.3, 0.4) is 0 Å². The summed E-state index contributed by atoms with van der Waals surface area (Å²) >= 11 is 3.68. The number of Topliss-reactive ketones (excluding diaryl/α,β-unsaturated/α-hetero) is 1. The van der Waals surface area contributed by atoms with Crippen molar-refractivity contribution < 1.29 is 4.79 Å². The van der Waals surface area contributed by atoms with Crippen molar-refractivity contribution in [1.82, 2.24) is 0 Å². The Bertz CT molecular complexity index is 1300. The molecule has 0 aliphatic heterocycles. The third-order valence-electron chi connectivity index (χ3n) is 8.04. The van der Waals surface area contributed by atoms with E-state index in [0.717, 1.165) is 11.1 Å². The van der Waals surface area contributed by atoms with E-state index in [9.17, 15) is 4.79 Å². The van der Waals surface area contributed by atoms with E-state index in [2.05, 4.69) is 111 Å². The second-order valence-corrected chi connectivity index (χ2v) is 11.2. The summed E-state index contributed by atoms with van der Waals surface area (Å²) in [5.74, 6) is 0.0755. The number of rotatable bonds is 9. The van der Waals surface area contributed by atoms with Crippen LogP contribution in [0.4, 0.5) is 0 Å². The highest BCUT2D eigenvalue weighted by atomic mass is 32.1. The number of benzene rings is 5. The molecule has 0 saturated heterocycles. The second-order valence-electron chi connectivity index (χ2n) is 10.5. The lowest BCUT2D eigenvalue weighted by Crippen LogP contribution is -2.66. The molecule has 5 aromatic rings. The van der Waals surface area contributed by atoms with E-state index in [1.54, 1.807) is 6.92 Å². The van der Waals surface area contributed by atoms with Crippen LogP contribution >= 0.6 is 0 Å². The smallest absolute Gasteiger partial charge is 0.231 e. The van der Waals surface area contributed by atoms with Crippen LogP contribution in [0.1, 0.15) is 37.8 Å². The predicted octanol–water partition coefficient (Wildman–Crippen LogP) is 6.49. The van der Waals surface area contributed by atoms with Gasteiger partial charge in [-0.3, -0.25) is 4.79 Å². The minimum Gasteiger partial charge on any atom is -0.293 e. The van der Waals surface area contributed by atoms with Gasteiger partial charge in [-0.15, -0.1) is 0 Å². The van der Waals surface area contributed by atoms with Crippen LogP contribution in [0, 0.1) is 0 Å². The maximum absolute atomic E-state index is 12.0. The minimum absolute atomic E-state index is 0.0755. The largest absolute Gasteiger partial charge is 0.293 e. The highest BCUT2D eigenvalue weighted by Crippen LogP contribution is 2.31. The lowest BCUT2D eigenvalue weighted by Gasteiger charge is -2.43. The van der Waals surface area contributed by atoms with Crippen LogP contribution in [0.25, 0.3) is 0 Å². The Morgan fingerprint density at radius 3 is 1.15 bits per heavy atom. The van der Waals surface area contributed by atoms with Gasteiger partial charge in [-0.2, -0.15) is 22.7 Å². The highest BCUT2D eigenvalue weighted by Gasteiger charge is 2.41. The van der Waals surface area contributed by atoms with Crippen molar-refractivity contribution >= 4 is 40.9 Å². The molecule has 0 aliphatic rings. The Morgan fingerprint density at radius 1 is 0.575 bits per heavy atom. The van der Waals surface area contributed by atoms with Crippen molar-refractivity contribution in [2.75, 3.05) is 0 Å². The van der Waals surface area contributed by atoms with Crippen LogP contribution in [-0.2, 0) is 22.2 Å². The molecule has 0 N–H and O–H groups in total. The van der Waals surface area contributed by atoms with Gasteiger partial charge in [-0.05, 0) is 12.6 Å². The maximum atomic E-state index is 12.0. The summed E-state index contributed by atoms with van der Waals surface area (Å²) in [6.45, 7) is 3.88. The molecule has 0 atom stereocenters. The van der Waals surface area contributed by atoms with Gasteiger partial charge in [0.2, 0.25) is 4.75 Å². The Hall–Kier alpha value is -3.82. The zero-order chi connectivity index (χ0) is 28.3. The zero-order valence-corrected chi connectivity index (χ0v) is 24.5. The molecule has 0 radical (unpaired) electrons. The van der Waals surface area contributed by atoms with Gasteiger partial charge >= 0.3 is 0 Å². The van der Waals surface area contributed by atoms with Crippen molar-refractivity contribution in [2.45, 2.75) is 37.8 Å². The Balaban J connectivity index is 0.000000194. The molecule has 0 heterocycles. The van der Waals surface area contributed by atoms with Crippen LogP contribution < -0.4 is 16.4 Å². The number of carbonyl (C=O) groups excluding carboxylic acids is 1. The molecule has 40 heavy (non-hydrogen) atoms. The van der Waals surface area contributed by atoms with Crippen LogP contribution in [-0.4, -0.2) is 11.9 Å². The fourth-order valence-electron chi connectivity index (χ4n) is 5.88. The normalized spacial score (nSPS) is 11.3. The summed E-state index contributed by atoms with van der Waals surface area (Å²) in [4.78, 5) is 12.0. The molecule has 202 valence electrons. The Labute approximate surface area is 245 Å². The van der Waals surface area contributed by atoms with Crippen LogP contribution in [0.5, 0.6) is 0 Å². The van der Waals surface area contributed by atoms with E-state index in [0.29, 0.717) is 0 Å². The molecule has 5 aromatic carbocycles. The number of unbranched alkanes of at least 4 members (excludes halogenated alkanes) is 1. The fraction of sp³-hybridized carbons (Fsp3) is 0.162. The van der Waals surface area contributed by atoms with Crippen LogP contribution in [0.2, 0.25) is 6.32 Å². The first-order valence-corrected chi connectivity index (χ1v) is 14.7. The summed E-state index contributed by atoms with van der Waals surface area (Å²) < 4.78 is -0.747. The fourth-order valence-corrected chi connectivity index (χ4v) is 6.22. The lowest BCUT2D eigenvalue weighted by molar-refractivity contribution is -0.118. The molecular weight excluding hydrogens is 503 g/mol. The first kappa shape index (κ1) is 29.2. The SMILES string of the molecule is CC(=O)C([SH2+])(c1ccccc1)c1ccccc1.CCCC[B-](c1ccccc1)(c1ccccc1)c1ccccc1. The van der Waals surface area contributed by atoms with E-state index in [1.165, 1.54) is 35.6 Å². The van der Waals surface area contributed by atoms with Crippen molar-refractivity contribution in [1.29, 1.82) is 0 Å². The van der Waals surface area contributed by atoms with Crippen molar-refractivity contribution in [3.8, 4) is 0 Å². The summed E-state index contributed by atoms with van der Waals surface area (Å²) in [7, 11) is 0. The minimum atomic E-state index is -0.913. The average Bonchev–Trinajstić information content (AvgIpc) is 3.04. The quantitative estimate of drug-likeness (QED) is 0.154. The Morgan fingerprint density at radius 2 is 0.875 bits per heavy atom. The highest BCUT2D eigenvalue weighted by molar-refractivity contribution is 7.61. The molecule has 0 saturated carbocycles. The van der Waals surface area contributed by atoms with Gasteiger partial charge < -0.3 is 0 Å². The first-order valence-electron chi connectivity index (χ1n) is 14.2. The third kappa shape index (κ3) is 6.32. The van der Waals surface area contributed by atoms with E-state index in [4.69, 9.17) is 0 Å². The van der Waals surface area contributed by atoms with E-state index >= 15 is 0 Å². The number of ketones is 1. The monoisotopic (exact) mass is 542 g/mol. The van der Waals surface area contributed by atoms with Gasteiger partial charge in [-0.1, -0.05) is 171 Å². The maximum Gasteiger partial charge on any atom is 0.231 e. The molecule has 0 unspecified atom stereocenters. The third-order valence-corrected chi connectivity index (χ3v) is 8.97. The molecule has 0 amide bonds. The molecule has 0 aromatic heterocycles. The first-order chi connectivity index (χ1) is 19.5. The zero-order valence-electron chi connectivity index (χ0n) is 23.5. The van der Waals surface area contributed by atoms with Gasteiger partial charge in [0.25, 0.3) is 0 Å². The van der Waals surface area contributed by atoms with Gasteiger partial charge in [0.05, 0.1) is 6.15 Å². The summed E-state index contributed by atoms with van der Waals surface area (Å²) in [6, 6.07) is 52.7. The van der Waals surface area contributed by atoms with Gasteiger partial charge in [0.15, 0.2) is 5.78 Å². The molecule has 0 aliphatic carbocycles. The van der Waals surface area contributed by atoms with Gasteiger partial charge in [0.1, 0.15) is 0 Å². The standard InChI is InChI=1S/C22H24B.C15H14OS/c1-2-3-19-23(20-13-7-4-8-14-20,21-15-9-5-10-16-21)22-17-11-6-12-18-22;1-12(16)15(17,13-8-4-2-5-9-13)14-10-6-3-7-11-14/h4-18H,2-3,19H2,1H3;2-11,17H,1H3/q-1;/p+1. The Kier molecular flexibility index (Phi) is 10.2. The molecular formula is C37H39BOS. The van der Waals surface area contributed by atoms with E-state index < -0.39 is 10.9 Å². The van der Waals surface area contributed by atoms with E-state index in [-0.39, 0.29) is 5.78 Å². The van der Waals surface area contributed by atoms with Crippen molar-refractivity contribution in [3.05, 3.63) is 163 Å². The summed E-state index contributed by atoms with van der Waals surface area (Å²) in [5, 5.41) is 0. The molecule has 3 heteroatoms. The second kappa shape index (κ2) is 14.0. The average molecular weight is 543 g/mol. The summed E-state index contributed by atoms with van der Waals surface area (Å²) in [6.07, 6.45) is 2.73. The topological polar surface area (TPSA) is 17.1 Å². The lowest BCUT2D eigenvalue weighted by atomic mass is 9.14. The molecule has 0 fully saturated rings. The molecule has 0 spiro atoms.